The van der Waals surface area contributed by atoms with Gasteiger partial charge in [0.25, 0.3) is 0 Å². The van der Waals surface area contributed by atoms with E-state index in [4.69, 9.17) is 0 Å². The molecule has 15 heavy (non-hydrogen) atoms. The SMILES string of the molecule is Cc1cc(C=O)cnc1Sc1nccs1. The number of carbonyl (C=O) groups excluding carboxylic acids is 1. The van der Waals surface area contributed by atoms with E-state index < -0.39 is 0 Å². The van der Waals surface area contributed by atoms with Crippen molar-refractivity contribution < 1.29 is 4.79 Å². The van der Waals surface area contributed by atoms with Crippen LogP contribution in [-0.4, -0.2) is 16.3 Å². The van der Waals surface area contributed by atoms with E-state index in [9.17, 15) is 4.79 Å². The van der Waals surface area contributed by atoms with Crippen molar-refractivity contribution in [2.75, 3.05) is 0 Å². The van der Waals surface area contributed by atoms with E-state index in [1.165, 1.54) is 11.8 Å². The van der Waals surface area contributed by atoms with Crippen LogP contribution in [0, 0.1) is 6.92 Å². The fourth-order valence-electron chi connectivity index (χ4n) is 1.10. The molecule has 2 heterocycles. The third-order valence-corrected chi connectivity index (χ3v) is 3.79. The van der Waals surface area contributed by atoms with Gasteiger partial charge in [-0.3, -0.25) is 4.79 Å². The fourth-order valence-corrected chi connectivity index (χ4v) is 2.66. The summed E-state index contributed by atoms with van der Waals surface area (Å²) >= 11 is 3.10. The van der Waals surface area contributed by atoms with Gasteiger partial charge in [0, 0.05) is 23.3 Å². The molecule has 3 nitrogen and oxygen atoms in total. The molecular weight excluding hydrogens is 228 g/mol. The lowest BCUT2D eigenvalue weighted by molar-refractivity contribution is 0.112. The Kier molecular flexibility index (Phi) is 3.13. The minimum Gasteiger partial charge on any atom is -0.298 e. The Morgan fingerprint density at radius 1 is 1.47 bits per heavy atom. The molecule has 2 rings (SSSR count). The van der Waals surface area contributed by atoms with Gasteiger partial charge in [0.05, 0.1) is 0 Å². The first-order valence-electron chi connectivity index (χ1n) is 4.29. The van der Waals surface area contributed by atoms with Gasteiger partial charge in [0.2, 0.25) is 0 Å². The molecule has 0 fully saturated rings. The number of hydrogen-bond acceptors (Lipinski definition) is 5. The van der Waals surface area contributed by atoms with Gasteiger partial charge in [-0.05, 0) is 30.3 Å². The van der Waals surface area contributed by atoms with E-state index in [0.29, 0.717) is 5.56 Å². The first kappa shape index (κ1) is 10.3. The largest absolute Gasteiger partial charge is 0.298 e. The number of thiazole rings is 1. The third kappa shape index (κ3) is 2.43. The monoisotopic (exact) mass is 236 g/mol. The molecule has 0 amide bonds. The summed E-state index contributed by atoms with van der Waals surface area (Å²) in [5.74, 6) is 0. The Morgan fingerprint density at radius 2 is 2.33 bits per heavy atom. The predicted molar refractivity (Wildman–Crippen MR) is 60.6 cm³/mol. The van der Waals surface area contributed by atoms with Crippen LogP contribution in [0.5, 0.6) is 0 Å². The maximum atomic E-state index is 10.5. The Morgan fingerprint density at radius 3 is 2.93 bits per heavy atom. The van der Waals surface area contributed by atoms with Gasteiger partial charge in [-0.1, -0.05) is 0 Å². The van der Waals surface area contributed by atoms with Crippen LogP contribution in [0.4, 0.5) is 0 Å². The molecule has 76 valence electrons. The van der Waals surface area contributed by atoms with E-state index >= 15 is 0 Å². The van der Waals surface area contributed by atoms with Crippen LogP contribution < -0.4 is 0 Å². The maximum Gasteiger partial charge on any atom is 0.156 e. The normalized spacial score (nSPS) is 10.2. The van der Waals surface area contributed by atoms with E-state index in [1.54, 1.807) is 23.7 Å². The van der Waals surface area contributed by atoms with Gasteiger partial charge in [-0.25, -0.2) is 9.97 Å². The Hall–Kier alpha value is -1.20. The van der Waals surface area contributed by atoms with Crippen molar-refractivity contribution in [2.24, 2.45) is 0 Å². The summed E-state index contributed by atoms with van der Waals surface area (Å²) in [5.41, 5.74) is 1.61. The average Bonchev–Trinajstić information content (AvgIpc) is 2.74. The first-order chi connectivity index (χ1) is 7.29. The molecule has 0 bridgehead atoms. The number of rotatable bonds is 3. The van der Waals surface area contributed by atoms with Crippen molar-refractivity contribution in [3.05, 3.63) is 35.0 Å². The maximum absolute atomic E-state index is 10.5. The van der Waals surface area contributed by atoms with E-state index in [-0.39, 0.29) is 0 Å². The van der Waals surface area contributed by atoms with Crippen LogP contribution in [0.3, 0.4) is 0 Å². The molecule has 0 aliphatic heterocycles. The van der Waals surface area contributed by atoms with Crippen molar-refractivity contribution in [1.82, 2.24) is 9.97 Å². The third-order valence-electron chi connectivity index (χ3n) is 1.78. The van der Waals surface area contributed by atoms with Gasteiger partial charge < -0.3 is 0 Å². The summed E-state index contributed by atoms with van der Waals surface area (Å²) in [5, 5.41) is 2.83. The summed E-state index contributed by atoms with van der Waals surface area (Å²) in [7, 11) is 0. The highest BCUT2D eigenvalue weighted by atomic mass is 32.2. The van der Waals surface area contributed by atoms with Crippen LogP contribution in [0.2, 0.25) is 0 Å². The molecular formula is C10H8N2OS2. The Balaban J connectivity index is 2.26. The number of aldehydes is 1. The molecule has 0 N–H and O–H groups in total. The molecule has 5 heteroatoms. The van der Waals surface area contributed by atoms with Crippen LogP contribution >= 0.6 is 23.1 Å². The summed E-state index contributed by atoms with van der Waals surface area (Å²) in [6.45, 7) is 1.94. The highest BCUT2D eigenvalue weighted by Crippen LogP contribution is 2.29. The lowest BCUT2D eigenvalue weighted by atomic mass is 10.2. The molecule has 2 aromatic heterocycles. The average molecular weight is 236 g/mol. The molecule has 0 aliphatic carbocycles. The van der Waals surface area contributed by atoms with Gasteiger partial charge in [-0.15, -0.1) is 11.3 Å². The number of hydrogen-bond donors (Lipinski definition) is 0. The molecule has 0 radical (unpaired) electrons. The number of pyridine rings is 1. The second kappa shape index (κ2) is 4.55. The molecule has 0 aromatic carbocycles. The standard InChI is InChI=1S/C10H8N2OS2/c1-7-4-8(6-13)5-12-9(7)15-10-11-2-3-14-10/h2-6H,1H3. The molecule has 0 spiro atoms. The van der Waals surface area contributed by atoms with Crippen molar-refractivity contribution in [2.45, 2.75) is 16.3 Å². The van der Waals surface area contributed by atoms with Crippen molar-refractivity contribution >= 4 is 29.4 Å². The molecule has 0 aliphatic rings. The topological polar surface area (TPSA) is 42.9 Å². The van der Waals surface area contributed by atoms with Crippen molar-refractivity contribution in [1.29, 1.82) is 0 Å². The van der Waals surface area contributed by atoms with E-state index in [0.717, 1.165) is 21.2 Å². The van der Waals surface area contributed by atoms with E-state index in [2.05, 4.69) is 9.97 Å². The highest BCUT2D eigenvalue weighted by molar-refractivity contribution is 8.01. The Labute approximate surface area is 95.6 Å². The van der Waals surface area contributed by atoms with Crippen LogP contribution in [0.1, 0.15) is 15.9 Å². The molecule has 0 unspecified atom stereocenters. The number of aryl methyl sites for hydroxylation is 1. The summed E-state index contributed by atoms with van der Waals surface area (Å²) < 4.78 is 0.962. The lowest BCUT2D eigenvalue weighted by Gasteiger charge is -2.01. The van der Waals surface area contributed by atoms with Gasteiger partial charge >= 0.3 is 0 Å². The zero-order valence-corrected chi connectivity index (χ0v) is 9.64. The zero-order chi connectivity index (χ0) is 10.7. The summed E-state index contributed by atoms with van der Waals surface area (Å²) in [4.78, 5) is 18.9. The van der Waals surface area contributed by atoms with Crippen LogP contribution in [0.15, 0.2) is 33.2 Å². The minimum atomic E-state index is 0.607. The fraction of sp³-hybridized carbons (Fsp3) is 0.100. The van der Waals surface area contributed by atoms with Gasteiger partial charge in [-0.2, -0.15) is 0 Å². The number of nitrogens with zero attached hydrogens (tertiary/aromatic N) is 2. The minimum absolute atomic E-state index is 0.607. The summed E-state index contributed by atoms with van der Waals surface area (Å²) in [6.07, 6.45) is 4.15. The second-order valence-corrected chi connectivity index (χ2v) is 5.04. The second-order valence-electron chi connectivity index (χ2n) is 2.91. The molecule has 0 saturated heterocycles. The van der Waals surface area contributed by atoms with Gasteiger partial charge in [0.15, 0.2) is 10.6 Å². The van der Waals surface area contributed by atoms with Crippen molar-refractivity contribution in [3.63, 3.8) is 0 Å². The molecule has 0 saturated carbocycles. The quantitative estimate of drug-likeness (QED) is 0.768. The smallest absolute Gasteiger partial charge is 0.156 e. The predicted octanol–water partition coefficient (Wildman–Crippen LogP) is 2.81. The van der Waals surface area contributed by atoms with Gasteiger partial charge in [0.1, 0.15) is 5.03 Å². The summed E-state index contributed by atoms with van der Waals surface area (Å²) in [6, 6.07) is 1.83. The zero-order valence-electron chi connectivity index (χ0n) is 8.01. The van der Waals surface area contributed by atoms with Crippen LogP contribution in [-0.2, 0) is 0 Å². The van der Waals surface area contributed by atoms with E-state index in [1.807, 2.05) is 18.4 Å². The highest BCUT2D eigenvalue weighted by Gasteiger charge is 2.05. The number of carbonyl (C=O) groups is 1. The Bertz CT molecular complexity index is 468. The lowest BCUT2D eigenvalue weighted by Crippen LogP contribution is -1.89. The molecule has 0 atom stereocenters. The van der Waals surface area contributed by atoms with Crippen molar-refractivity contribution in [3.8, 4) is 0 Å². The first-order valence-corrected chi connectivity index (χ1v) is 5.98. The molecule has 2 aromatic rings. The van der Waals surface area contributed by atoms with Crippen LogP contribution in [0.25, 0.3) is 0 Å². The number of aromatic nitrogens is 2.